The molecule has 0 radical (unpaired) electrons. The van der Waals surface area contributed by atoms with Gasteiger partial charge < -0.3 is 5.11 Å². The van der Waals surface area contributed by atoms with Crippen LogP contribution in [0.2, 0.25) is 0 Å². The Morgan fingerprint density at radius 1 is 1.33 bits per heavy atom. The number of hydrogen-bond donors (Lipinski definition) is 1. The first-order chi connectivity index (χ1) is 7.15. The summed E-state index contributed by atoms with van der Waals surface area (Å²) in [7, 11) is 0. The van der Waals surface area contributed by atoms with E-state index in [9.17, 15) is 5.11 Å². The molecule has 1 aromatic carbocycles. The molecule has 0 aliphatic carbocycles. The summed E-state index contributed by atoms with van der Waals surface area (Å²) in [5.74, 6) is 7.03. The number of aryl methyl sites for hydroxylation is 1. The molecule has 0 saturated heterocycles. The van der Waals surface area contributed by atoms with Gasteiger partial charge in [-0.15, -0.1) is 11.8 Å². The monoisotopic (exact) mass is 202 g/mol. The highest BCUT2D eigenvalue weighted by Gasteiger charge is 2.05. The van der Waals surface area contributed by atoms with E-state index in [1.165, 1.54) is 5.56 Å². The molecule has 15 heavy (non-hydrogen) atoms. The standard InChI is InChI=1S/C14H18O/c1-4-5-6-7-11(2)13-8-9-14(15)12(3)10-13/h8-11,15H,4,7H2,1-3H3. The first-order valence-corrected chi connectivity index (χ1v) is 5.40. The second-order valence-electron chi connectivity index (χ2n) is 3.86. The van der Waals surface area contributed by atoms with Crippen molar-refractivity contribution in [1.82, 2.24) is 0 Å². The van der Waals surface area contributed by atoms with Crippen molar-refractivity contribution < 1.29 is 5.11 Å². The number of rotatable bonds is 2. The molecule has 1 rings (SSSR count). The van der Waals surface area contributed by atoms with Gasteiger partial charge in [-0.2, -0.15) is 0 Å². The Kier molecular flexibility index (Phi) is 4.24. The van der Waals surface area contributed by atoms with Crippen molar-refractivity contribution in [2.75, 3.05) is 0 Å². The van der Waals surface area contributed by atoms with Crippen LogP contribution in [0.15, 0.2) is 18.2 Å². The Morgan fingerprint density at radius 3 is 2.67 bits per heavy atom. The molecule has 0 bridgehead atoms. The van der Waals surface area contributed by atoms with Gasteiger partial charge in [0.1, 0.15) is 5.75 Å². The van der Waals surface area contributed by atoms with Crippen LogP contribution < -0.4 is 0 Å². The van der Waals surface area contributed by atoms with Crippen molar-refractivity contribution in [2.45, 2.75) is 39.5 Å². The average Bonchev–Trinajstić information content (AvgIpc) is 2.22. The summed E-state index contributed by atoms with van der Waals surface area (Å²) >= 11 is 0. The van der Waals surface area contributed by atoms with E-state index in [2.05, 4.69) is 25.7 Å². The van der Waals surface area contributed by atoms with Gasteiger partial charge in [0, 0.05) is 12.8 Å². The normalized spacial score (nSPS) is 11.7. The number of hydrogen-bond acceptors (Lipinski definition) is 1. The lowest BCUT2D eigenvalue weighted by atomic mass is 9.96. The van der Waals surface area contributed by atoms with E-state index in [1.807, 2.05) is 19.1 Å². The molecule has 0 amide bonds. The van der Waals surface area contributed by atoms with Gasteiger partial charge in [-0.3, -0.25) is 0 Å². The van der Waals surface area contributed by atoms with Crippen LogP contribution in [0.1, 0.15) is 43.7 Å². The molecule has 0 aliphatic heterocycles. The zero-order valence-corrected chi connectivity index (χ0v) is 9.67. The smallest absolute Gasteiger partial charge is 0.118 e. The Morgan fingerprint density at radius 2 is 2.07 bits per heavy atom. The highest BCUT2D eigenvalue weighted by molar-refractivity contribution is 5.36. The molecule has 0 spiro atoms. The largest absolute Gasteiger partial charge is 0.508 e. The molecular formula is C14H18O. The number of phenols is 1. The summed E-state index contributed by atoms with van der Waals surface area (Å²) in [6, 6.07) is 5.77. The van der Waals surface area contributed by atoms with Crippen LogP contribution in [-0.4, -0.2) is 5.11 Å². The van der Waals surface area contributed by atoms with Gasteiger partial charge in [0.2, 0.25) is 0 Å². The summed E-state index contributed by atoms with van der Waals surface area (Å²) in [5.41, 5.74) is 2.18. The molecule has 0 fully saturated rings. The average molecular weight is 202 g/mol. The van der Waals surface area contributed by atoms with Crippen LogP contribution in [0.4, 0.5) is 0 Å². The molecule has 1 nitrogen and oxygen atoms in total. The van der Waals surface area contributed by atoms with Crippen molar-refractivity contribution >= 4 is 0 Å². The zero-order chi connectivity index (χ0) is 11.3. The van der Waals surface area contributed by atoms with Gasteiger partial charge >= 0.3 is 0 Å². The van der Waals surface area contributed by atoms with Crippen molar-refractivity contribution in [3.8, 4) is 17.6 Å². The Balaban J connectivity index is 2.73. The lowest BCUT2D eigenvalue weighted by Gasteiger charge is -2.09. The van der Waals surface area contributed by atoms with Crippen LogP contribution in [0.25, 0.3) is 0 Å². The van der Waals surface area contributed by atoms with Gasteiger partial charge in [0.25, 0.3) is 0 Å². The van der Waals surface area contributed by atoms with E-state index in [0.717, 1.165) is 18.4 Å². The zero-order valence-electron chi connectivity index (χ0n) is 9.67. The minimum atomic E-state index is 0.366. The molecule has 1 unspecified atom stereocenters. The Labute approximate surface area is 92.1 Å². The van der Waals surface area contributed by atoms with Crippen LogP contribution in [-0.2, 0) is 0 Å². The maximum Gasteiger partial charge on any atom is 0.118 e. The molecule has 0 heterocycles. The van der Waals surface area contributed by atoms with Gasteiger partial charge in [0.15, 0.2) is 0 Å². The predicted molar refractivity (Wildman–Crippen MR) is 63.9 cm³/mol. The van der Waals surface area contributed by atoms with Gasteiger partial charge in [0.05, 0.1) is 0 Å². The van der Waals surface area contributed by atoms with E-state index in [-0.39, 0.29) is 0 Å². The van der Waals surface area contributed by atoms with Gasteiger partial charge in [-0.1, -0.05) is 26.0 Å². The fourth-order valence-electron chi connectivity index (χ4n) is 1.45. The van der Waals surface area contributed by atoms with E-state index in [0.29, 0.717) is 11.7 Å². The molecule has 0 aromatic heterocycles. The van der Waals surface area contributed by atoms with Crippen molar-refractivity contribution in [1.29, 1.82) is 0 Å². The second kappa shape index (κ2) is 5.46. The van der Waals surface area contributed by atoms with Gasteiger partial charge in [-0.05, 0) is 30.0 Å². The summed E-state index contributed by atoms with van der Waals surface area (Å²) in [6.07, 6.45) is 1.80. The Hall–Kier alpha value is -1.42. The number of benzene rings is 1. The molecule has 1 heteroatoms. The number of phenolic OH excluding ortho intramolecular Hbond substituents is 1. The van der Waals surface area contributed by atoms with Gasteiger partial charge in [-0.25, -0.2) is 0 Å². The summed E-state index contributed by atoms with van der Waals surface area (Å²) in [4.78, 5) is 0. The fourth-order valence-corrected chi connectivity index (χ4v) is 1.45. The third-order valence-corrected chi connectivity index (χ3v) is 2.50. The second-order valence-corrected chi connectivity index (χ2v) is 3.86. The molecule has 1 N–H and O–H groups in total. The third-order valence-electron chi connectivity index (χ3n) is 2.50. The summed E-state index contributed by atoms with van der Waals surface area (Å²) in [6.45, 7) is 6.14. The van der Waals surface area contributed by atoms with Crippen LogP contribution in [0.3, 0.4) is 0 Å². The SMILES string of the molecule is CCC#CCC(C)c1ccc(O)c(C)c1. The Bertz CT molecular complexity index is 382. The quantitative estimate of drug-likeness (QED) is 0.726. The molecule has 0 aliphatic rings. The topological polar surface area (TPSA) is 20.2 Å². The predicted octanol–water partition coefficient (Wildman–Crippen LogP) is 3.61. The first kappa shape index (κ1) is 11.7. The molecule has 1 atom stereocenters. The highest BCUT2D eigenvalue weighted by atomic mass is 16.3. The number of aromatic hydroxyl groups is 1. The van der Waals surface area contributed by atoms with E-state index in [1.54, 1.807) is 6.07 Å². The fraction of sp³-hybridized carbons (Fsp3) is 0.429. The highest BCUT2D eigenvalue weighted by Crippen LogP contribution is 2.24. The van der Waals surface area contributed by atoms with Crippen LogP contribution >= 0.6 is 0 Å². The maximum absolute atomic E-state index is 9.41. The lowest BCUT2D eigenvalue weighted by Crippen LogP contribution is -1.92. The minimum absolute atomic E-state index is 0.366. The van der Waals surface area contributed by atoms with Crippen LogP contribution in [0.5, 0.6) is 5.75 Å². The van der Waals surface area contributed by atoms with Crippen LogP contribution in [0, 0.1) is 18.8 Å². The first-order valence-electron chi connectivity index (χ1n) is 5.40. The molecule has 80 valence electrons. The maximum atomic E-state index is 9.41. The van der Waals surface area contributed by atoms with Crippen molar-refractivity contribution in [2.24, 2.45) is 0 Å². The van der Waals surface area contributed by atoms with E-state index >= 15 is 0 Å². The lowest BCUT2D eigenvalue weighted by molar-refractivity contribution is 0.470. The van der Waals surface area contributed by atoms with E-state index < -0.39 is 0 Å². The minimum Gasteiger partial charge on any atom is -0.508 e. The van der Waals surface area contributed by atoms with E-state index in [4.69, 9.17) is 0 Å². The third kappa shape index (κ3) is 3.32. The van der Waals surface area contributed by atoms with Crippen molar-refractivity contribution in [3.05, 3.63) is 29.3 Å². The molecular weight excluding hydrogens is 184 g/mol. The molecule has 0 saturated carbocycles. The summed E-state index contributed by atoms with van der Waals surface area (Å²) in [5, 5.41) is 9.41. The summed E-state index contributed by atoms with van der Waals surface area (Å²) < 4.78 is 0. The van der Waals surface area contributed by atoms with Crippen molar-refractivity contribution in [3.63, 3.8) is 0 Å². The molecule has 1 aromatic rings.